The van der Waals surface area contributed by atoms with Crippen LogP contribution in [-0.4, -0.2) is 55.1 Å². The molecule has 0 spiro atoms. The second-order valence-electron chi connectivity index (χ2n) is 7.35. The summed E-state index contributed by atoms with van der Waals surface area (Å²) in [6.45, 7) is 21.5. The van der Waals surface area contributed by atoms with Gasteiger partial charge in [-0.15, -0.1) is 0 Å². The summed E-state index contributed by atoms with van der Waals surface area (Å²) >= 11 is 0. The zero-order valence-electron chi connectivity index (χ0n) is 20.1. The van der Waals surface area contributed by atoms with Gasteiger partial charge in [0.2, 0.25) is 0 Å². The third kappa shape index (κ3) is 10.6. The highest BCUT2D eigenvalue weighted by molar-refractivity contribution is 5.36. The lowest BCUT2D eigenvalue weighted by Crippen LogP contribution is -2.56. The van der Waals surface area contributed by atoms with Crippen molar-refractivity contribution in [3.05, 3.63) is 71.8 Å². The fraction of sp³-hybridized carbons (Fsp3) is 0.500. The Morgan fingerprint density at radius 2 is 1.70 bits per heavy atom. The predicted molar refractivity (Wildman–Crippen MR) is 130 cm³/mol. The molecular weight excluding hydrogens is 372 g/mol. The van der Waals surface area contributed by atoms with Crippen LogP contribution in [-0.2, 0) is 16.1 Å². The molecule has 2 atom stereocenters. The summed E-state index contributed by atoms with van der Waals surface area (Å²) in [5.41, 5.74) is 4.03. The van der Waals surface area contributed by atoms with Crippen molar-refractivity contribution in [1.29, 1.82) is 0 Å². The quantitative estimate of drug-likeness (QED) is 0.442. The first-order valence-electron chi connectivity index (χ1n) is 10.9. The monoisotopic (exact) mass is 414 g/mol. The maximum atomic E-state index is 8.95. The van der Waals surface area contributed by atoms with Crippen molar-refractivity contribution in [2.75, 3.05) is 26.7 Å². The molecule has 2 unspecified atom stereocenters. The van der Waals surface area contributed by atoms with Crippen LogP contribution in [0.1, 0.15) is 45.7 Å². The zero-order valence-corrected chi connectivity index (χ0v) is 20.1. The molecule has 1 aliphatic heterocycles. The van der Waals surface area contributed by atoms with Crippen LogP contribution in [0.2, 0.25) is 0 Å². The maximum absolute atomic E-state index is 8.95. The minimum Gasteiger partial charge on any atom is -0.471 e. The highest BCUT2D eigenvalue weighted by Crippen LogP contribution is 2.20. The smallest absolute Gasteiger partial charge is 0.292 e. The molecule has 0 N–H and O–H groups in total. The van der Waals surface area contributed by atoms with E-state index in [9.17, 15) is 0 Å². The number of ether oxygens (including phenoxy) is 1. The summed E-state index contributed by atoms with van der Waals surface area (Å²) in [5.74, 6) is 0. The van der Waals surface area contributed by atoms with Crippen molar-refractivity contribution in [1.82, 2.24) is 9.80 Å². The Hall–Kier alpha value is -2.17. The molecular formula is C26H42N2O2. The van der Waals surface area contributed by atoms with Crippen LogP contribution >= 0.6 is 0 Å². The van der Waals surface area contributed by atoms with Crippen molar-refractivity contribution < 1.29 is 9.53 Å². The van der Waals surface area contributed by atoms with Gasteiger partial charge in [0, 0.05) is 38.3 Å². The molecule has 30 heavy (non-hydrogen) atoms. The molecule has 1 aliphatic rings. The zero-order chi connectivity index (χ0) is 22.9. The highest BCUT2D eigenvalue weighted by atomic mass is 16.5. The first-order valence-corrected chi connectivity index (χ1v) is 10.9. The van der Waals surface area contributed by atoms with Crippen LogP contribution in [0, 0.1) is 6.92 Å². The van der Waals surface area contributed by atoms with E-state index < -0.39 is 0 Å². The first kappa shape index (κ1) is 27.8. The largest absolute Gasteiger partial charge is 0.471 e. The molecule has 1 aromatic rings. The van der Waals surface area contributed by atoms with E-state index in [-0.39, 0.29) is 0 Å². The van der Waals surface area contributed by atoms with Gasteiger partial charge in [-0.2, -0.15) is 0 Å². The van der Waals surface area contributed by atoms with E-state index in [1.54, 1.807) is 0 Å². The summed E-state index contributed by atoms with van der Waals surface area (Å²) in [4.78, 5) is 14.1. The standard InChI is InChI=1S/C22H32N2.C2H4O2.C2H6/c1-6-8-9-21(7-2)17-24-19(4)14-23(15-20(24)5)16-22-12-10-18(3)11-13-22;1-4-2-3;1-2/h6-13,19-20H,2,14-17H2,1,3-5H3;2H,1H3;1-2H3/b8-6-,21-9+;;. The Labute approximate surface area is 184 Å². The number of allylic oxidation sites excluding steroid dienone is 3. The van der Waals surface area contributed by atoms with Gasteiger partial charge in [-0.05, 0) is 38.8 Å². The van der Waals surface area contributed by atoms with Gasteiger partial charge in [0.15, 0.2) is 0 Å². The topological polar surface area (TPSA) is 32.8 Å². The van der Waals surface area contributed by atoms with Crippen LogP contribution in [0.25, 0.3) is 0 Å². The lowest BCUT2D eigenvalue weighted by atomic mass is 10.0. The van der Waals surface area contributed by atoms with Crippen molar-refractivity contribution in [2.45, 2.75) is 60.2 Å². The van der Waals surface area contributed by atoms with Crippen molar-refractivity contribution in [3.63, 3.8) is 0 Å². The number of piperazine rings is 1. The van der Waals surface area contributed by atoms with Crippen LogP contribution in [0.15, 0.2) is 60.7 Å². The average molecular weight is 415 g/mol. The summed E-state index contributed by atoms with van der Waals surface area (Å²) in [7, 11) is 1.31. The van der Waals surface area contributed by atoms with Gasteiger partial charge in [-0.3, -0.25) is 14.6 Å². The summed E-state index contributed by atoms with van der Waals surface area (Å²) in [6, 6.07) is 10.0. The van der Waals surface area contributed by atoms with E-state index in [2.05, 4.69) is 84.4 Å². The molecule has 1 aromatic carbocycles. The lowest BCUT2D eigenvalue weighted by Gasteiger charge is -2.44. The molecule has 0 amide bonds. The number of hydrogen-bond acceptors (Lipinski definition) is 4. The summed E-state index contributed by atoms with van der Waals surface area (Å²) in [5, 5.41) is 0. The van der Waals surface area contributed by atoms with E-state index in [0.29, 0.717) is 18.6 Å². The Balaban J connectivity index is 0.00000125. The third-order valence-corrected chi connectivity index (χ3v) is 4.93. The number of carbonyl (C=O) groups excluding carboxylic acids is 1. The Kier molecular flexibility index (Phi) is 15.4. The SMILES string of the molecule is C=C/C(=C\C=C/C)CN1C(C)CN(Cc2ccc(C)cc2)CC1C.CC.COC=O. The number of aryl methyl sites for hydroxylation is 1. The Morgan fingerprint density at radius 1 is 1.17 bits per heavy atom. The summed E-state index contributed by atoms with van der Waals surface area (Å²) < 4.78 is 3.86. The Bertz CT molecular complexity index is 638. The van der Waals surface area contributed by atoms with Crippen LogP contribution < -0.4 is 0 Å². The lowest BCUT2D eigenvalue weighted by molar-refractivity contribution is -0.126. The normalized spacial score (nSPS) is 19.9. The van der Waals surface area contributed by atoms with Gasteiger partial charge in [-0.25, -0.2) is 0 Å². The molecule has 0 bridgehead atoms. The fourth-order valence-electron chi connectivity index (χ4n) is 3.47. The first-order chi connectivity index (χ1) is 14.4. The highest BCUT2D eigenvalue weighted by Gasteiger charge is 2.29. The van der Waals surface area contributed by atoms with Gasteiger partial charge in [0.1, 0.15) is 0 Å². The predicted octanol–water partition coefficient (Wildman–Crippen LogP) is 5.39. The number of rotatable bonds is 7. The maximum Gasteiger partial charge on any atom is 0.292 e. The molecule has 0 radical (unpaired) electrons. The van der Waals surface area contributed by atoms with Gasteiger partial charge in [0.05, 0.1) is 7.11 Å². The minimum absolute atomic E-state index is 0.375. The van der Waals surface area contributed by atoms with E-state index >= 15 is 0 Å². The molecule has 4 nitrogen and oxygen atoms in total. The van der Waals surface area contributed by atoms with Crippen molar-refractivity contribution >= 4 is 6.47 Å². The molecule has 2 rings (SSSR count). The molecule has 168 valence electrons. The van der Waals surface area contributed by atoms with Crippen LogP contribution in [0.5, 0.6) is 0 Å². The number of methoxy groups -OCH3 is 1. The van der Waals surface area contributed by atoms with E-state index in [1.165, 1.54) is 23.8 Å². The number of carbonyl (C=O) groups is 1. The Morgan fingerprint density at radius 3 is 2.13 bits per heavy atom. The van der Waals surface area contributed by atoms with Crippen LogP contribution in [0.4, 0.5) is 0 Å². The molecule has 0 saturated carbocycles. The van der Waals surface area contributed by atoms with Gasteiger partial charge in [0.25, 0.3) is 6.47 Å². The molecule has 4 heteroatoms. The molecule has 0 aliphatic carbocycles. The van der Waals surface area contributed by atoms with Gasteiger partial charge < -0.3 is 4.74 Å². The number of hydrogen-bond donors (Lipinski definition) is 0. The third-order valence-electron chi connectivity index (χ3n) is 4.93. The van der Waals surface area contributed by atoms with Crippen molar-refractivity contribution in [3.8, 4) is 0 Å². The van der Waals surface area contributed by atoms with Crippen molar-refractivity contribution in [2.24, 2.45) is 0 Å². The molecule has 1 saturated heterocycles. The van der Waals surface area contributed by atoms with E-state index in [4.69, 9.17) is 4.79 Å². The fourth-order valence-corrected chi connectivity index (χ4v) is 3.47. The molecule has 1 heterocycles. The minimum atomic E-state index is 0.375. The van der Waals surface area contributed by atoms with Gasteiger partial charge in [-0.1, -0.05) is 74.6 Å². The van der Waals surface area contributed by atoms with Crippen LogP contribution in [0.3, 0.4) is 0 Å². The van der Waals surface area contributed by atoms with E-state index in [1.807, 2.05) is 26.8 Å². The molecule has 1 fully saturated rings. The summed E-state index contributed by atoms with van der Waals surface area (Å²) in [6.07, 6.45) is 8.32. The average Bonchev–Trinajstić information content (AvgIpc) is 2.76. The second-order valence-corrected chi connectivity index (χ2v) is 7.35. The number of benzene rings is 1. The molecule has 0 aromatic heterocycles. The number of nitrogens with zero attached hydrogens (tertiary/aromatic N) is 2. The second kappa shape index (κ2) is 16.6. The van der Waals surface area contributed by atoms with Gasteiger partial charge >= 0.3 is 0 Å². The van der Waals surface area contributed by atoms with E-state index in [0.717, 1.165) is 26.2 Å².